The van der Waals surface area contributed by atoms with Crippen LogP contribution < -0.4 is 5.73 Å². The Bertz CT molecular complexity index is 555. The fraction of sp³-hybridized carbons (Fsp3) is 0.167. The third-order valence-electron chi connectivity index (χ3n) is 2.56. The molecule has 0 bridgehead atoms. The molecule has 1 aromatic heterocycles. The Morgan fingerprint density at radius 2 is 2.06 bits per heavy atom. The lowest BCUT2D eigenvalue weighted by molar-refractivity contribution is 0.599. The second-order valence-electron chi connectivity index (χ2n) is 3.71. The minimum absolute atomic E-state index is 0.369. The first-order chi connectivity index (χ1) is 7.99. The molecule has 0 fully saturated rings. The van der Waals surface area contributed by atoms with E-state index in [0.29, 0.717) is 10.6 Å². The second-order valence-corrected chi connectivity index (χ2v) is 6.78. The van der Waals surface area contributed by atoms with Crippen LogP contribution in [-0.4, -0.2) is 0 Å². The average Bonchev–Trinajstić information content (AvgIpc) is 2.57. The van der Waals surface area contributed by atoms with Gasteiger partial charge in [-0.05, 0) is 46.6 Å². The molecule has 1 heterocycles. The predicted octanol–water partition coefficient (Wildman–Crippen LogP) is 4.66. The number of nitrogens with two attached hydrogens (primary N) is 1. The molecule has 90 valence electrons. The Labute approximate surface area is 117 Å². The Morgan fingerprint density at radius 3 is 2.59 bits per heavy atom. The fourth-order valence-electron chi connectivity index (χ4n) is 1.69. The van der Waals surface area contributed by atoms with Gasteiger partial charge >= 0.3 is 0 Å². The Kier molecular flexibility index (Phi) is 3.88. The molecule has 2 aromatic rings. The minimum Gasteiger partial charge on any atom is -0.320 e. The fourth-order valence-corrected chi connectivity index (χ4v) is 3.60. The molecule has 0 saturated carbocycles. The molecular weight excluding hydrogens is 325 g/mol. The van der Waals surface area contributed by atoms with Crippen LogP contribution >= 0.6 is 38.9 Å². The largest absolute Gasteiger partial charge is 0.320 e. The summed E-state index contributed by atoms with van der Waals surface area (Å²) in [5.41, 5.74) is 7.48. The van der Waals surface area contributed by atoms with Gasteiger partial charge in [-0.25, -0.2) is 4.39 Å². The maximum atomic E-state index is 13.8. The molecule has 5 heteroatoms. The summed E-state index contributed by atoms with van der Waals surface area (Å²) in [5, 5.41) is 0.377. The van der Waals surface area contributed by atoms with Gasteiger partial charge in [0, 0.05) is 15.5 Å². The molecular formula is C12H10BrClFNS. The Balaban J connectivity index is 2.43. The van der Waals surface area contributed by atoms with Gasteiger partial charge in [-0.3, -0.25) is 0 Å². The van der Waals surface area contributed by atoms with E-state index >= 15 is 0 Å². The first-order valence-electron chi connectivity index (χ1n) is 4.95. The molecule has 1 nitrogen and oxygen atoms in total. The highest BCUT2D eigenvalue weighted by atomic mass is 79.9. The maximum Gasteiger partial charge on any atom is 0.129 e. The number of hydrogen-bond donors (Lipinski definition) is 1. The van der Waals surface area contributed by atoms with E-state index in [1.165, 1.54) is 6.07 Å². The number of aryl methyl sites for hydroxylation is 1. The molecule has 1 unspecified atom stereocenters. The van der Waals surface area contributed by atoms with Gasteiger partial charge in [-0.15, -0.1) is 11.3 Å². The molecule has 0 aliphatic carbocycles. The van der Waals surface area contributed by atoms with Crippen LogP contribution in [0.25, 0.3) is 0 Å². The zero-order valence-electron chi connectivity index (χ0n) is 9.01. The minimum atomic E-state index is -0.463. The van der Waals surface area contributed by atoms with Crippen molar-refractivity contribution in [3.8, 4) is 0 Å². The third kappa shape index (κ3) is 2.71. The van der Waals surface area contributed by atoms with Crippen LogP contribution in [0.4, 0.5) is 4.39 Å². The smallest absolute Gasteiger partial charge is 0.129 e. The molecule has 2 N–H and O–H groups in total. The Hall–Kier alpha value is -0.420. The van der Waals surface area contributed by atoms with Gasteiger partial charge < -0.3 is 5.73 Å². The van der Waals surface area contributed by atoms with Crippen molar-refractivity contribution in [2.45, 2.75) is 13.0 Å². The zero-order chi connectivity index (χ0) is 12.6. The van der Waals surface area contributed by atoms with Crippen LogP contribution in [0.1, 0.15) is 22.0 Å². The van der Waals surface area contributed by atoms with Gasteiger partial charge in [0.25, 0.3) is 0 Å². The van der Waals surface area contributed by atoms with E-state index in [1.54, 1.807) is 23.5 Å². The maximum absolute atomic E-state index is 13.8. The highest BCUT2D eigenvalue weighted by molar-refractivity contribution is 9.11. The molecule has 0 aliphatic heterocycles. The summed E-state index contributed by atoms with van der Waals surface area (Å²) in [7, 11) is 0. The molecule has 0 amide bonds. The summed E-state index contributed by atoms with van der Waals surface area (Å²) in [6.07, 6.45) is 0. The second kappa shape index (κ2) is 5.06. The van der Waals surface area contributed by atoms with Crippen molar-refractivity contribution in [1.82, 2.24) is 0 Å². The van der Waals surface area contributed by atoms with Gasteiger partial charge in [0.1, 0.15) is 5.82 Å². The molecule has 17 heavy (non-hydrogen) atoms. The van der Waals surface area contributed by atoms with Crippen molar-refractivity contribution in [2.75, 3.05) is 0 Å². The van der Waals surface area contributed by atoms with Gasteiger partial charge in [0.15, 0.2) is 0 Å². The highest BCUT2D eigenvalue weighted by Gasteiger charge is 2.17. The number of thiophene rings is 1. The van der Waals surface area contributed by atoms with E-state index in [2.05, 4.69) is 15.9 Å². The molecule has 1 aromatic carbocycles. The van der Waals surface area contributed by atoms with Crippen molar-refractivity contribution in [1.29, 1.82) is 0 Å². The van der Waals surface area contributed by atoms with Gasteiger partial charge in [-0.2, -0.15) is 0 Å². The van der Waals surface area contributed by atoms with Crippen molar-refractivity contribution >= 4 is 38.9 Å². The Morgan fingerprint density at radius 1 is 1.35 bits per heavy atom. The normalized spacial score (nSPS) is 12.8. The quantitative estimate of drug-likeness (QED) is 0.849. The third-order valence-corrected chi connectivity index (χ3v) is 4.36. The summed E-state index contributed by atoms with van der Waals surface area (Å²) >= 11 is 10.7. The first-order valence-corrected chi connectivity index (χ1v) is 6.94. The SMILES string of the molecule is Cc1sc(Br)cc1C(N)c1ccc(Cl)cc1F. The number of halogens is 3. The lowest BCUT2D eigenvalue weighted by atomic mass is 10.00. The monoisotopic (exact) mass is 333 g/mol. The summed E-state index contributed by atoms with van der Waals surface area (Å²) in [6.45, 7) is 1.97. The molecule has 2 rings (SSSR count). The topological polar surface area (TPSA) is 26.0 Å². The highest BCUT2D eigenvalue weighted by Crippen LogP contribution is 2.33. The van der Waals surface area contributed by atoms with Gasteiger partial charge in [0.2, 0.25) is 0 Å². The molecule has 1 atom stereocenters. The summed E-state index contributed by atoms with van der Waals surface area (Å²) in [5.74, 6) is -0.369. The van der Waals surface area contributed by atoms with E-state index in [1.807, 2.05) is 13.0 Å². The van der Waals surface area contributed by atoms with Crippen LogP contribution in [-0.2, 0) is 0 Å². The van der Waals surface area contributed by atoms with Crippen LogP contribution in [0, 0.1) is 12.7 Å². The van der Waals surface area contributed by atoms with Crippen LogP contribution in [0.15, 0.2) is 28.1 Å². The number of rotatable bonds is 2. The van der Waals surface area contributed by atoms with Crippen molar-refractivity contribution < 1.29 is 4.39 Å². The molecule has 0 radical (unpaired) electrons. The summed E-state index contributed by atoms with van der Waals surface area (Å²) < 4.78 is 14.7. The predicted molar refractivity (Wildman–Crippen MR) is 74.2 cm³/mol. The van der Waals surface area contributed by atoms with Gasteiger partial charge in [-0.1, -0.05) is 17.7 Å². The lowest BCUT2D eigenvalue weighted by Crippen LogP contribution is -2.13. The summed E-state index contributed by atoms with van der Waals surface area (Å²) in [6, 6.07) is 6.03. The number of hydrogen-bond acceptors (Lipinski definition) is 2. The van der Waals surface area contributed by atoms with Gasteiger partial charge in [0.05, 0.1) is 9.83 Å². The average molecular weight is 335 g/mol. The van der Waals surface area contributed by atoms with E-state index in [4.69, 9.17) is 17.3 Å². The zero-order valence-corrected chi connectivity index (χ0v) is 12.2. The van der Waals surface area contributed by atoms with E-state index in [0.717, 1.165) is 14.2 Å². The van der Waals surface area contributed by atoms with Crippen molar-refractivity contribution in [3.05, 3.63) is 54.9 Å². The standard InChI is InChI=1S/C12H10BrClFNS/c1-6-9(5-11(13)17-6)12(16)8-3-2-7(14)4-10(8)15/h2-5,12H,16H2,1H3. The molecule has 0 saturated heterocycles. The van der Waals surface area contributed by atoms with Crippen molar-refractivity contribution in [2.24, 2.45) is 5.73 Å². The lowest BCUT2D eigenvalue weighted by Gasteiger charge is -2.13. The first kappa shape index (κ1) is 13.0. The van der Waals surface area contributed by atoms with E-state index in [-0.39, 0.29) is 5.82 Å². The van der Waals surface area contributed by atoms with Crippen molar-refractivity contribution in [3.63, 3.8) is 0 Å². The van der Waals surface area contributed by atoms with Crippen LogP contribution in [0.5, 0.6) is 0 Å². The molecule has 0 aliphatic rings. The van der Waals surface area contributed by atoms with Crippen LogP contribution in [0.3, 0.4) is 0 Å². The number of benzene rings is 1. The molecule has 0 spiro atoms. The van der Waals surface area contributed by atoms with E-state index < -0.39 is 6.04 Å². The van der Waals surface area contributed by atoms with Crippen LogP contribution in [0.2, 0.25) is 5.02 Å². The van der Waals surface area contributed by atoms with E-state index in [9.17, 15) is 4.39 Å². The summed E-state index contributed by atoms with van der Waals surface area (Å²) in [4.78, 5) is 1.08.